The van der Waals surface area contributed by atoms with Crippen LogP contribution in [0, 0.1) is 5.82 Å². The molecule has 0 fully saturated rings. The van der Waals surface area contributed by atoms with E-state index in [1.165, 1.54) is 12.1 Å². The van der Waals surface area contributed by atoms with Crippen molar-refractivity contribution in [2.75, 3.05) is 11.4 Å². The third-order valence-electron chi connectivity index (χ3n) is 2.82. The molecule has 104 valence electrons. The van der Waals surface area contributed by atoms with Crippen molar-refractivity contribution < 1.29 is 13.9 Å². The van der Waals surface area contributed by atoms with Gasteiger partial charge in [0, 0.05) is 11.0 Å². The molecule has 19 heavy (non-hydrogen) atoms. The van der Waals surface area contributed by atoms with Gasteiger partial charge in [-0.1, -0.05) is 0 Å². The van der Waals surface area contributed by atoms with Crippen LogP contribution in [0.1, 0.15) is 32.8 Å². The van der Waals surface area contributed by atoms with Crippen LogP contribution >= 0.6 is 15.9 Å². The van der Waals surface area contributed by atoms with Crippen molar-refractivity contribution in [3.8, 4) is 0 Å². The van der Waals surface area contributed by atoms with Crippen molar-refractivity contribution in [1.29, 1.82) is 0 Å². The molecular weight excluding hydrogens is 313 g/mol. The summed E-state index contributed by atoms with van der Waals surface area (Å²) < 4.78 is 19.4. The van der Waals surface area contributed by atoms with Crippen LogP contribution in [0.5, 0.6) is 0 Å². The monoisotopic (exact) mass is 329 g/mol. The van der Waals surface area contributed by atoms with Crippen LogP contribution in [-0.4, -0.2) is 18.2 Å². The Kier molecular flexibility index (Phi) is 3.85. The second-order valence-electron chi connectivity index (χ2n) is 5.63. The molecule has 0 N–H and O–H groups in total. The number of halogens is 2. The standard InChI is InChI=1S/C14H17BrFNO2/c1-14(2,3)19-13(18)17-6-4-5-9-7-10(16)8-11(15)12(9)17/h7-8H,4-6H2,1-3H3. The fourth-order valence-electron chi connectivity index (χ4n) is 2.15. The maximum atomic E-state index is 13.4. The third-order valence-corrected chi connectivity index (χ3v) is 3.42. The number of anilines is 1. The van der Waals surface area contributed by atoms with E-state index in [1.807, 2.05) is 20.8 Å². The quantitative estimate of drug-likeness (QED) is 0.711. The lowest BCUT2D eigenvalue weighted by atomic mass is 10.0. The molecule has 3 nitrogen and oxygen atoms in total. The van der Waals surface area contributed by atoms with Crippen LogP contribution in [0.3, 0.4) is 0 Å². The maximum Gasteiger partial charge on any atom is 0.414 e. The molecule has 0 radical (unpaired) electrons. The summed E-state index contributed by atoms with van der Waals surface area (Å²) in [6.07, 6.45) is 1.19. The van der Waals surface area contributed by atoms with E-state index in [9.17, 15) is 9.18 Å². The second kappa shape index (κ2) is 5.12. The fourth-order valence-corrected chi connectivity index (χ4v) is 2.84. The number of aryl methyl sites for hydroxylation is 1. The minimum atomic E-state index is -0.540. The lowest BCUT2D eigenvalue weighted by Crippen LogP contribution is -2.40. The minimum absolute atomic E-state index is 0.295. The summed E-state index contributed by atoms with van der Waals surface area (Å²) in [7, 11) is 0. The number of hydrogen-bond acceptors (Lipinski definition) is 2. The molecule has 5 heteroatoms. The predicted octanol–water partition coefficient (Wildman–Crippen LogP) is 4.28. The number of amides is 1. The first kappa shape index (κ1) is 14.3. The van der Waals surface area contributed by atoms with Gasteiger partial charge in [-0.3, -0.25) is 4.90 Å². The summed E-state index contributed by atoms with van der Waals surface area (Å²) in [6, 6.07) is 2.86. The smallest absolute Gasteiger partial charge is 0.414 e. The van der Waals surface area contributed by atoms with Crippen molar-refractivity contribution >= 4 is 27.7 Å². The molecule has 0 atom stereocenters. The average molecular weight is 330 g/mol. The van der Waals surface area contributed by atoms with Crippen molar-refractivity contribution in [1.82, 2.24) is 0 Å². The molecule has 0 saturated heterocycles. The predicted molar refractivity (Wildman–Crippen MR) is 76.0 cm³/mol. The van der Waals surface area contributed by atoms with Gasteiger partial charge in [0.05, 0.1) is 5.69 Å². The number of fused-ring (bicyclic) bond motifs is 1. The zero-order valence-electron chi connectivity index (χ0n) is 11.3. The van der Waals surface area contributed by atoms with Crippen LogP contribution in [0.4, 0.5) is 14.9 Å². The third kappa shape index (κ3) is 3.26. The molecule has 1 aliphatic heterocycles. The Bertz CT molecular complexity index is 511. The molecule has 0 saturated carbocycles. The SMILES string of the molecule is CC(C)(C)OC(=O)N1CCCc2cc(F)cc(Br)c21. The minimum Gasteiger partial charge on any atom is -0.443 e. The zero-order chi connectivity index (χ0) is 14.2. The van der Waals surface area contributed by atoms with E-state index < -0.39 is 5.60 Å². The first-order valence-electron chi connectivity index (χ1n) is 6.26. The Hall–Kier alpha value is -1.10. The van der Waals surface area contributed by atoms with Crippen molar-refractivity contribution in [3.63, 3.8) is 0 Å². The van der Waals surface area contributed by atoms with Gasteiger partial charge in [0.15, 0.2) is 0 Å². The molecule has 1 aromatic carbocycles. The summed E-state index contributed by atoms with van der Waals surface area (Å²) in [5, 5.41) is 0. The van der Waals surface area contributed by atoms with E-state index in [2.05, 4.69) is 15.9 Å². The van der Waals surface area contributed by atoms with Gasteiger partial charge in [-0.2, -0.15) is 0 Å². The highest BCUT2D eigenvalue weighted by atomic mass is 79.9. The van der Waals surface area contributed by atoms with Gasteiger partial charge in [0.2, 0.25) is 0 Å². The number of nitrogens with zero attached hydrogens (tertiary/aromatic N) is 1. The van der Waals surface area contributed by atoms with E-state index in [-0.39, 0.29) is 11.9 Å². The number of ether oxygens (including phenoxy) is 1. The first-order chi connectivity index (χ1) is 8.78. The molecule has 1 heterocycles. The fraction of sp³-hybridized carbons (Fsp3) is 0.500. The van der Waals surface area contributed by atoms with E-state index in [0.29, 0.717) is 11.0 Å². The Labute approximate surface area is 120 Å². The highest BCUT2D eigenvalue weighted by Crippen LogP contribution is 2.36. The van der Waals surface area contributed by atoms with Crippen LogP contribution in [0.15, 0.2) is 16.6 Å². The summed E-state index contributed by atoms with van der Waals surface area (Å²) in [5.74, 6) is -0.295. The number of benzene rings is 1. The van der Waals surface area contributed by atoms with Crippen LogP contribution < -0.4 is 4.90 Å². The number of hydrogen-bond donors (Lipinski definition) is 0. The maximum absolute atomic E-state index is 13.4. The lowest BCUT2D eigenvalue weighted by Gasteiger charge is -2.32. The molecule has 0 spiro atoms. The van der Waals surface area contributed by atoms with E-state index >= 15 is 0 Å². The van der Waals surface area contributed by atoms with Crippen molar-refractivity contribution in [2.45, 2.75) is 39.2 Å². The average Bonchev–Trinajstić information content (AvgIpc) is 2.25. The summed E-state index contributed by atoms with van der Waals surface area (Å²) in [4.78, 5) is 13.8. The molecule has 1 amide bonds. The lowest BCUT2D eigenvalue weighted by molar-refractivity contribution is 0.0577. The highest BCUT2D eigenvalue weighted by molar-refractivity contribution is 9.10. The van der Waals surface area contributed by atoms with Crippen molar-refractivity contribution in [3.05, 3.63) is 28.0 Å². The normalized spacial score (nSPS) is 15.1. The number of carbonyl (C=O) groups excluding carboxylic acids is 1. The molecular formula is C14H17BrFNO2. The van der Waals surface area contributed by atoms with Gasteiger partial charge in [-0.25, -0.2) is 9.18 Å². The topological polar surface area (TPSA) is 29.5 Å². The van der Waals surface area contributed by atoms with Crippen LogP contribution in [0.25, 0.3) is 0 Å². The Morgan fingerprint density at radius 2 is 2.11 bits per heavy atom. The molecule has 1 aliphatic rings. The second-order valence-corrected chi connectivity index (χ2v) is 6.49. The largest absolute Gasteiger partial charge is 0.443 e. The van der Waals surface area contributed by atoms with Gasteiger partial charge in [0.1, 0.15) is 11.4 Å². The van der Waals surface area contributed by atoms with Crippen LogP contribution in [0.2, 0.25) is 0 Å². The Morgan fingerprint density at radius 3 is 2.74 bits per heavy atom. The van der Waals surface area contributed by atoms with Gasteiger partial charge in [0.25, 0.3) is 0 Å². The summed E-state index contributed by atoms with van der Waals surface area (Å²) >= 11 is 3.33. The van der Waals surface area contributed by atoms with E-state index in [4.69, 9.17) is 4.74 Å². The number of rotatable bonds is 0. The van der Waals surface area contributed by atoms with Gasteiger partial charge < -0.3 is 4.74 Å². The highest BCUT2D eigenvalue weighted by Gasteiger charge is 2.29. The summed E-state index contributed by atoms with van der Waals surface area (Å²) in [6.45, 7) is 6.08. The van der Waals surface area contributed by atoms with Crippen molar-refractivity contribution in [2.24, 2.45) is 0 Å². The number of carbonyl (C=O) groups is 1. The van der Waals surface area contributed by atoms with Gasteiger partial charge in [-0.15, -0.1) is 0 Å². The molecule has 2 rings (SSSR count). The molecule has 0 aliphatic carbocycles. The Balaban J connectivity index is 2.35. The van der Waals surface area contributed by atoms with Gasteiger partial charge in [-0.05, 0) is 67.2 Å². The molecule has 0 unspecified atom stereocenters. The first-order valence-corrected chi connectivity index (χ1v) is 7.06. The van der Waals surface area contributed by atoms with Gasteiger partial charge >= 0.3 is 6.09 Å². The molecule has 0 bridgehead atoms. The Morgan fingerprint density at radius 1 is 1.42 bits per heavy atom. The van der Waals surface area contributed by atoms with E-state index in [0.717, 1.165) is 24.1 Å². The zero-order valence-corrected chi connectivity index (χ0v) is 12.9. The van der Waals surface area contributed by atoms with E-state index in [1.54, 1.807) is 4.90 Å². The molecule has 0 aromatic heterocycles. The van der Waals surface area contributed by atoms with Crippen LogP contribution in [-0.2, 0) is 11.2 Å². The molecule has 1 aromatic rings. The summed E-state index contributed by atoms with van der Waals surface area (Å²) in [5.41, 5.74) is 1.02.